The van der Waals surface area contributed by atoms with Crippen LogP contribution in [0.5, 0.6) is 0 Å². The Kier molecular flexibility index (Phi) is 4.73. The van der Waals surface area contributed by atoms with Gasteiger partial charge in [-0.2, -0.15) is 13.5 Å². The highest BCUT2D eigenvalue weighted by Gasteiger charge is 2.21. The van der Waals surface area contributed by atoms with Gasteiger partial charge in [-0.15, -0.1) is 11.3 Å². The molecule has 0 amide bonds. The number of aryl methyl sites for hydroxylation is 1. The Morgan fingerprint density at radius 3 is 2.85 bits per heavy atom. The van der Waals surface area contributed by atoms with E-state index in [2.05, 4.69) is 25.2 Å². The van der Waals surface area contributed by atoms with Crippen LogP contribution in [0.2, 0.25) is 0 Å². The van der Waals surface area contributed by atoms with E-state index in [-0.39, 0.29) is 5.03 Å². The second-order valence-electron chi connectivity index (χ2n) is 4.28. The van der Waals surface area contributed by atoms with Crippen LogP contribution in [-0.2, 0) is 16.6 Å². The first-order valence-corrected chi connectivity index (χ1v) is 8.51. The van der Waals surface area contributed by atoms with Crippen molar-refractivity contribution in [2.45, 2.75) is 31.8 Å². The van der Waals surface area contributed by atoms with Crippen molar-refractivity contribution < 1.29 is 8.42 Å². The van der Waals surface area contributed by atoms with Gasteiger partial charge >= 0.3 is 0 Å². The highest BCUT2D eigenvalue weighted by atomic mass is 32.2. The van der Waals surface area contributed by atoms with Gasteiger partial charge in [0.1, 0.15) is 0 Å². The maximum atomic E-state index is 12.3. The van der Waals surface area contributed by atoms with E-state index in [0.29, 0.717) is 17.2 Å². The molecule has 7 nitrogen and oxygen atoms in total. The zero-order chi connectivity index (χ0) is 14.6. The van der Waals surface area contributed by atoms with Crippen molar-refractivity contribution in [2.24, 2.45) is 0 Å². The number of nitrogens with one attached hydrogen (secondary N) is 3. The molecule has 0 spiro atoms. The van der Waals surface area contributed by atoms with Crippen molar-refractivity contribution in [3.63, 3.8) is 0 Å². The van der Waals surface area contributed by atoms with Gasteiger partial charge in [0.2, 0.25) is 0 Å². The van der Waals surface area contributed by atoms with E-state index in [4.69, 9.17) is 0 Å². The molecule has 0 saturated carbocycles. The number of sulfonamides is 1. The van der Waals surface area contributed by atoms with Gasteiger partial charge in [-0.1, -0.05) is 6.92 Å². The van der Waals surface area contributed by atoms with Gasteiger partial charge in [-0.25, -0.2) is 4.98 Å². The van der Waals surface area contributed by atoms with Crippen molar-refractivity contribution in [2.75, 3.05) is 11.3 Å². The summed E-state index contributed by atoms with van der Waals surface area (Å²) in [5, 5.41) is 9.93. The second kappa shape index (κ2) is 6.33. The predicted octanol–water partition coefficient (Wildman–Crippen LogP) is 1.48. The molecule has 20 heavy (non-hydrogen) atoms. The smallest absolute Gasteiger partial charge is 0.280 e. The summed E-state index contributed by atoms with van der Waals surface area (Å²) in [4.78, 5) is 4.94. The lowest BCUT2D eigenvalue weighted by Crippen LogP contribution is -2.19. The molecule has 0 radical (unpaired) electrons. The lowest BCUT2D eigenvalue weighted by atomic mass is 10.3. The quantitative estimate of drug-likeness (QED) is 0.672. The summed E-state index contributed by atoms with van der Waals surface area (Å²) in [5.41, 5.74) is 0.610. The number of rotatable bonds is 7. The van der Waals surface area contributed by atoms with Crippen molar-refractivity contribution in [3.05, 3.63) is 22.8 Å². The Morgan fingerprint density at radius 2 is 2.20 bits per heavy atom. The summed E-state index contributed by atoms with van der Waals surface area (Å²) in [6.07, 6.45) is 4.13. The van der Waals surface area contributed by atoms with Gasteiger partial charge in [0, 0.05) is 23.2 Å². The lowest BCUT2D eigenvalue weighted by molar-refractivity contribution is 0.593. The molecular weight excluding hydrogens is 298 g/mol. The molecule has 0 aromatic carbocycles. The summed E-state index contributed by atoms with van der Waals surface area (Å²) in [5.74, 6) is 0. The van der Waals surface area contributed by atoms with Crippen LogP contribution < -0.4 is 10.0 Å². The molecule has 2 rings (SSSR count). The normalized spacial score (nSPS) is 11.7. The number of H-pyrrole nitrogens is 1. The highest BCUT2D eigenvalue weighted by molar-refractivity contribution is 7.92. The van der Waals surface area contributed by atoms with Gasteiger partial charge in [-0.05, 0) is 19.9 Å². The minimum Gasteiger partial charge on any atom is -0.313 e. The number of hydrogen-bond donors (Lipinski definition) is 3. The topological polar surface area (TPSA) is 99.8 Å². The zero-order valence-corrected chi connectivity index (χ0v) is 12.9. The van der Waals surface area contributed by atoms with E-state index in [0.717, 1.165) is 17.8 Å². The molecule has 0 aliphatic carbocycles. The highest BCUT2D eigenvalue weighted by Crippen LogP contribution is 2.21. The van der Waals surface area contributed by atoms with Crippen LogP contribution in [0.3, 0.4) is 0 Å². The first-order chi connectivity index (χ1) is 9.53. The maximum Gasteiger partial charge on any atom is 0.280 e. The SMILES string of the molecule is CCCNCc1cn[nH]c1S(=O)(=O)Nc1ncc(C)s1. The van der Waals surface area contributed by atoms with Gasteiger partial charge in [0.05, 0.1) is 6.20 Å². The van der Waals surface area contributed by atoms with Gasteiger partial charge in [0.15, 0.2) is 10.2 Å². The standard InChI is InChI=1S/C11H17N5O2S2/c1-3-4-12-6-9-7-14-15-10(9)20(17,18)16-11-13-5-8(2)19-11/h5,7,12H,3-4,6H2,1-2H3,(H,13,16)(H,14,15). The summed E-state index contributed by atoms with van der Waals surface area (Å²) in [7, 11) is -3.68. The van der Waals surface area contributed by atoms with Crippen LogP contribution in [0.15, 0.2) is 17.4 Å². The zero-order valence-electron chi connectivity index (χ0n) is 11.3. The lowest BCUT2D eigenvalue weighted by Gasteiger charge is -2.06. The molecule has 110 valence electrons. The molecule has 2 aromatic rings. The average Bonchev–Trinajstić information content (AvgIpc) is 2.99. The molecule has 9 heteroatoms. The monoisotopic (exact) mass is 315 g/mol. The summed E-state index contributed by atoms with van der Waals surface area (Å²) in [6.45, 7) is 5.19. The van der Waals surface area contributed by atoms with E-state index < -0.39 is 10.0 Å². The van der Waals surface area contributed by atoms with Crippen molar-refractivity contribution >= 4 is 26.5 Å². The average molecular weight is 315 g/mol. The summed E-state index contributed by atoms with van der Waals surface area (Å²) in [6, 6.07) is 0. The second-order valence-corrected chi connectivity index (χ2v) is 7.14. The van der Waals surface area contributed by atoms with Crippen LogP contribution in [0.1, 0.15) is 23.8 Å². The van der Waals surface area contributed by atoms with Crippen LogP contribution in [0, 0.1) is 6.92 Å². The Morgan fingerprint density at radius 1 is 1.40 bits per heavy atom. The van der Waals surface area contributed by atoms with Crippen LogP contribution in [-0.4, -0.2) is 30.1 Å². The molecular formula is C11H17N5O2S2. The van der Waals surface area contributed by atoms with Crippen molar-refractivity contribution in [1.29, 1.82) is 0 Å². The Hall–Kier alpha value is -1.45. The number of aromatic nitrogens is 3. The maximum absolute atomic E-state index is 12.3. The molecule has 0 aliphatic rings. The van der Waals surface area contributed by atoms with E-state index in [1.54, 1.807) is 6.20 Å². The predicted molar refractivity (Wildman–Crippen MR) is 78.2 cm³/mol. The molecule has 3 N–H and O–H groups in total. The minimum absolute atomic E-state index is 0.0777. The van der Waals surface area contributed by atoms with Crippen molar-refractivity contribution in [1.82, 2.24) is 20.5 Å². The van der Waals surface area contributed by atoms with Crippen LogP contribution >= 0.6 is 11.3 Å². The molecule has 0 unspecified atom stereocenters. The fraction of sp³-hybridized carbons (Fsp3) is 0.455. The molecule has 0 atom stereocenters. The molecule has 0 saturated heterocycles. The Balaban J connectivity index is 2.15. The van der Waals surface area contributed by atoms with Crippen molar-refractivity contribution in [3.8, 4) is 0 Å². The summed E-state index contributed by atoms with van der Waals surface area (Å²) < 4.78 is 27.0. The third kappa shape index (κ3) is 3.56. The Labute approximate surface area is 121 Å². The van der Waals surface area contributed by atoms with E-state index in [1.807, 2.05) is 13.8 Å². The fourth-order valence-corrected chi connectivity index (χ4v) is 3.66. The van der Waals surface area contributed by atoms with Gasteiger partial charge in [0.25, 0.3) is 10.0 Å². The Bertz CT molecular complexity index is 662. The third-order valence-electron chi connectivity index (χ3n) is 2.53. The number of anilines is 1. The van der Waals surface area contributed by atoms with E-state index in [1.165, 1.54) is 17.5 Å². The first-order valence-electron chi connectivity index (χ1n) is 6.21. The van der Waals surface area contributed by atoms with E-state index in [9.17, 15) is 8.42 Å². The molecule has 0 fully saturated rings. The fourth-order valence-electron chi connectivity index (χ4n) is 1.63. The first kappa shape index (κ1) is 14.9. The third-order valence-corrected chi connectivity index (χ3v) is 4.84. The van der Waals surface area contributed by atoms with Crippen LogP contribution in [0.25, 0.3) is 0 Å². The number of nitrogens with zero attached hydrogens (tertiary/aromatic N) is 2. The molecule has 0 aliphatic heterocycles. The molecule has 2 heterocycles. The number of thiazole rings is 1. The number of hydrogen-bond acceptors (Lipinski definition) is 6. The number of aromatic amines is 1. The molecule has 0 bridgehead atoms. The van der Waals surface area contributed by atoms with Crippen LogP contribution in [0.4, 0.5) is 5.13 Å². The van der Waals surface area contributed by atoms with Gasteiger partial charge in [-0.3, -0.25) is 9.82 Å². The minimum atomic E-state index is -3.68. The van der Waals surface area contributed by atoms with E-state index >= 15 is 0 Å². The summed E-state index contributed by atoms with van der Waals surface area (Å²) >= 11 is 1.29. The van der Waals surface area contributed by atoms with Gasteiger partial charge < -0.3 is 5.32 Å². The molecule has 2 aromatic heterocycles. The largest absolute Gasteiger partial charge is 0.313 e.